The Labute approximate surface area is 186 Å². The molecule has 1 aromatic heterocycles. The quantitative estimate of drug-likeness (QED) is 0.579. The Morgan fingerprint density at radius 2 is 1.69 bits per heavy atom. The number of sulfonamides is 1. The van der Waals surface area contributed by atoms with Crippen molar-refractivity contribution in [1.82, 2.24) is 13.8 Å². The molecule has 0 atom stereocenters. The minimum absolute atomic E-state index is 0.0704. The summed E-state index contributed by atoms with van der Waals surface area (Å²) in [4.78, 5) is 28.4. The van der Waals surface area contributed by atoms with E-state index in [2.05, 4.69) is 0 Å². The van der Waals surface area contributed by atoms with Crippen molar-refractivity contribution < 1.29 is 17.6 Å². The molecule has 9 nitrogen and oxygen atoms in total. The SMILES string of the molecule is CCn1c(=O)oc2cc(S(=O)(=O)N3CCN(C(=O)c4ccc(N(C)C)cc4)CC3)ccc21. The van der Waals surface area contributed by atoms with Crippen LogP contribution in [0.1, 0.15) is 17.3 Å². The molecule has 0 bridgehead atoms. The summed E-state index contributed by atoms with van der Waals surface area (Å²) in [5.74, 6) is -0.626. The fraction of sp³-hybridized carbons (Fsp3) is 0.364. The number of rotatable bonds is 5. The van der Waals surface area contributed by atoms with Gasteiger partial charge in [0.2, 0.25) is 10.0 Å². The second-order valence-electron chi connectivity index (χ2n) is 7.88. The van der Waals surface area contributed by atoms with Crippen LogP contribution >= 0.6 is 0 Å². The van der Waals surface area contributed by atoms with Crippen LogP contribution in [0.4, 0.5) is 5.69 Å². The van der Waals surface area contributed by atoms with E-state index in [0.29, 0.717) is 30.7 Å². The first-order valence-electron chi connectivity index (χ1n) is 10.4. The minimum atomic E-state index is -3.77. The molecule has 32 heavy (non-hydrogen) atoms. The number of nitrogens with zero attached hydrogens (tertiary/aromatic N) is 4. The first kappa shape index (κ1) is 22.1. The number of piperazine rings is 1. The summed E-state index contributed by atoms with van der Waals surface area (Å²) >= 11 is 0. The van der Waals surface area contributed by atoms with Gasteiger partial charge in [0.15, 0.2) is 5.58 Å². The van der Waals surface area contributed by atoms with Gasteiger partial charge in [-0.15, -0.1) is 0 Å². The van der Waals surface area contributed by atoms with Gasteiger partial charge in [-0.2, -0.15) is 4.31 Å². The molecule has 1 aliphatic heterocycles. The molecule has 3 aromatic rings. The van der Waals surface area contributed by atoms with Gasteiger partial charge in [-0.05, 0) is 43.3 Å². The van der Waals surface area contributed by atoms with Gasteiger partial charge < -0.3 is 14.2 Å². The molecule has 1 fully saturated rings. The molecule has 0 unspecified atom stereocenters. The molecule has 170 valence electrons. The molecule has 1 aliphatic rings. The van der Waals surface area contributed by atoms with E-state index in [4.69, 9.17) is 4.42 Å². The van der Waals surface area contributed by atoms with Gasteiger partial charge in [-0.3, -0.25) is 9.36 Å². The lowest BCUT2D eigenvalue weighted by Crippen LogP contribution is -2.50. The number of carbonyl (C=O) groups is 1. The average molecular weight is 459 g/mol. The second-order valence-corrected chi connectivity index (χ2v) is 9.82. The lowest BCUT2D eigenvalue weighted by Gasteiger charge is -2.34. The number of benzene rings is 2. The second kappa shape index (κ2) is 8.44. The fourth-order valence-corrected chi connectivity index (χ4v) is 5.31. The minimum Gasteiger partial charge on any atom is -0.408 e. The number of anilines is 1. The Hall–Kier alpha value is -3.11. The molecule has 1 amide bonds. The summed E-state index contributed by atoms with van der Waals surface area (Å²) in [6, 6.07) is 11.8. The lowest BCUT2D eigenvalue weighted by molar-refractivity contribution is 0.0698. The topological polar surface area (TPSA) is 96.1 Å². The van der Waals surface area contributed by atoms with Crippen LogP contribution in [0.5, 0.6) is 0 Å². The summed E-state index contributed by atoms with van der Waals surface area (Å²) < 4.78 is 34.3. The molecule has 4 rings (SSSR count). The van der Waals surface area contributed by atoms with Crippen molar-refractivity contribution in [2.24, 2.45) is 0 Å². The van der Waals surface area contributed by atoms with Crippen LogP contribution in [0.25, 0.3) is 11.1 Å². The van der Waals surface area contributed by atoms with Crippen LogP contribution in [-0.2, 0) is 16.6 Å². The van der Waals surface area contributed by atoms with Crippen molar-refractivity contribution in [3.8, 4) is 0 Å². The number of carbonyl (C=O) groups excluding carboxylic acids is 1. The number of hydrogen-bond acceptors (Lipinski definition) is 6. The summed E-state index contributed by atoms with van der Waals surface area (Å²) in [6.07, 6.45) is 0. The highest BCUT2D eigenvalue weighted by Gasteiger charge is 2.31. The molecular formula is C22H26N4O5S. The van der Waals surface area contributed by atoms with Gasteiger partial charge in [0.05, 0.1) is 10.4 Å². The van der Waals surface area contributed by atoms with Crippen molar-refractivity contribution in [3.05, 3.63) is 58.6 Å². The molecule has 0 saturated carbocycles. The summed E-state index contributed by atoms with van der Waals surface area (Å²) in [6.45, 7) is 3.25. The van der Waals surface area contributed by atoms with Crippen molar-refractivity contribution >= 4 is 32.7 Å². The third kappa shape index (κ3) is 3.91. The van der Waals surface area contributed by atoms with Gasteiger partial charge in [-0.1, -0.05) is 0 Å². The largest absolute Gasteiger partial charge is 0.419 e. The zero-order chi connectivity index (χ0) is 23.0. The maximum atomic E-state index is 13.1. The molecule has 2 aromatic carbocycles. The smallest absolute Gasteiger partial charge is 0.408 e. The van der Waals surface area contributed by atoms with Crippen LogP contribution in [0, 0.1) is 0 Å². The van der Waals surface area contributed by atoms with Gasteiger partial charge in [0, 0.05) is 64.1 Å². The zero-order valence-corrected chi connectivity index (χ0v) is 19.1. The molecule has 0 spiro atoms. The van der Waals surface area contributed by atoms with E-state index in [0.717, 1.165) is 5.69 Å². The van der Waals surface area contributed by atoms with E-state index in [1.165, 1.54) is 21.0 Å². The summed E-state index contributed by atoms with van der Waals surface area (Å²) in [7, 11) is 0.0895. The third-order valence-electron chi connectivity index (χ3n) is 5.75. The summed E-state index contributed by atoms with van der Waals surface area (Å²) in [5.41, 5.74) is 2.38. The highest BCUT2D eigenvalue weighted by molar-refractivity contribution is 7.89. The maximum Gasteiger partial charge on any atom is 0.419 e. The van der Waals surface area contributed by atoms with Crippen molar-refractivity contribution in [2.75, 3.05) is 45.2 Å². The Balaban J connectivity index is 1.48. The molecule has 2 heterocycles. The molecular weight excluding hydrogens is 432 g/mol. The predicted molar refractivity (Wildman–Crippen MR) is 122 cm³/mol. The Morgan fingerprint density at radius 3 is 2.28 bits per heavy atom. The highest BCUT2D eigenvalue weighted by atomic mass is 32.2. The zero-order valence-electron chi connectivity index (χ0n) is 18.3. The van der Waals surface area contributed by atoms with E-state index in [1.54, 1.807) is 23.1 Å². The van der Waals surface area contributed by atoms with Crippen LogP contribution in [0.3, 0.4) is 0 Å². The molecule has 1 saturated heterocycles. The number of fused-ring (bicyclic) bond motifs is 1. The average Bonchev–Trinajstić information content (AvgIpc) is 3.12. The maximum absolute atomic E-state index is 13.1. The molecule has 0 aliphatic carbocycles. The number of aryl methyl sites for hydroxylation is 1. The molecule has 10 heteroatoms. The van der Waals surface area contributed by atoms with E-state index < -0.39 is 15.8 Å². The third-order valence-corrected chi connectivity index (χ3v) is 7.64. The van der Waals surface area contributed by atoms with Crippen molar-refractivity contribution in [3.63, 3.8) is 0 Å². The first-order chi connectivity index (χ1) is 15.2. The number of aromatic nitrogens is 1. The molecule has 0 radical (unpaired) electrons. The van der Waals surface area contributed by atoms with E-state index in [1.807, 2.05) is 38.1 Å². The monoisotopic (exact) mass is 458 g/mol. The Bertz CT molecular complexity index is 1300. The first-order valence-corrected chi connectivity index (χ1v) is 11.9. The van der Waals surface area contributed by atoms with Gasteiger partial charge >= 0.3 is 5.76 Å². The van der Waals surface area contributed by atoms with Gasteiger partial charge in [-0.25, -0.2) is 13.2 Å². The highest BCUT2D eigenvalue weighted by Crippen LogP contribution is 2.23. The van der Waals surface area contributed by atoms with Crippen molar-refractivity contribution in [1.29, 1.82) is 0 Å². The van der Waals surface area contributed by atoms with Gasteiger partial charge in [0.25, 0.3) is 5.91 Å². The van der Waals surface area contributed by atoms with Crippen LogP contribution < -0.4 is 10.7 Å². The number of hydrogen-bond donors (Lipinski definition) is 0. The van der Waals surface area contributed by atoms with E-state index in [-0.39, 0.29) is 29.5 Å². The van der Waals surface area contributed by atoms with Crippen molar-refractivity contribution in [2.45, 2.75) is 18.4 Å². The van der Waals surface area contributed by atoms with E-state index >= 15 is 0 Å². The fourth-order valence-electron chi connectivity index (χ4n) is 3.87. The number of oxazole rings is 1. The van der Waals surface area contributed by atoms with Crippen LogP contribution in [0.2, 0.25) is 0 Å². The summed E-state index contributed by atoms with van der Waals surface area (Å²) in [5, 5.41) is 0. The normalized spacial score (nSPS) is 15.3. The Kier molecular flexibility index (Phi) is 5.83. The Morgan fingerprint density at radius 1 is 1.03 bits per heavy atom. The predicted octanol–water partition coefficient (Wildman–Crippen LogP) is 1.83. The van der Waals surface area contributed by atoms with Crippen LogP contribution in [0.15, 0.2) is 56.6 Å². The van der Waals surface area contributed by atoms with Gasteiger partial charge in [0.1, 0.15) is 0 Å². The standard InChI is InChI=1S/C22H26N4O5S/c1-4-26-19-10-9-18(15-20(19)31-22(26)28)32(29,30)25-13-11-24(12-14-25)21(27)16-5-7-17(8-6-16)23(2)3/h5-10,15H,4,11-14H2,1-3H3. The van der Waals surface area contributed by atoms with Crippen LogP contribution in [-0.4, -0.2) is 68.4 Å². The van der Waals surface area contributed by atoms with E-state index in [9.17, 15) is 18.0 Å². The molecule has 0 N–H and O–H groups in total. The lowest BCUT2D eigenvalue weighted by atomic mass is 10.1. The number of amides is 1.